The maximum absolute atomic E-state index is 12.5. The lowest BCUT2D eigenvalue weighted by atomic mass is 9.95. The Hall–Kier alpha value is -2.94. The normalized spacial score (nSPS) is 14.3. The van der Waals surface area contributed by atoms with Crippen LogP contribution in [0.2, 0.25) is 0 Å². The van der Waals surface area contributed by atoms with Crippen LogP contribution in [-0.2, 0) is 11.3 Å². The molecule has 1 aliphatic rings. The molecular formula is C23H28N4O4S. The highest BCUT2D eigenvalue weighted by Gasteiger charge is 2.25. The first kappa shape index (κ1) is 22.3. The Morgan fingerprint density at radius 2 is 1.97 bits per heavy atom. The van der Waals surface area contributed by atoms with E-state index in [1.165, 1.54) is 31.0 Å². The molecule has 1 saturated carbocycles. The second kappa shape index (κ2) is 10.6. The van der Waals surface area contributed by atoms with Crippen LogP contribution in [0.1, 0.15) is 43.7 Å². The number of nitrogens with one attached hydrogen (secondary N) is 1. The average molecular weight is 457 g/mol. The molecule has 1 aliphatic carbocycles. The molecule has 1 N–H and O–H groups in total. The van der Waals surface area contributed by atoms with E-state index in [1.807, 2.05) is 30.3 Å². The Bertz CT molecular complexity index is 1030. The molecule has 8 nitrogen and oxygen atoms in total. The first-order chi connectivity index (χ1) is 15.7. The minimum Gasteiger partial charge on any atom is -0.493 e. The standard InChI is InChI=1S/C23H28N4O4S/c1-29-18-11-10-16(13-20(18)30-2)14-24-21(28)15-32-23-26-25-22(19-9-6-12-31-19)27(23)17-7-4-3-5-8-17/h6,9-13,17H,3-5,7-8,14-15H2,1-2H3,(H,24,28). The number of carbonyl (C=O) groups excluding carboxylic acids is 1. The third-order valence-corrected chi connectivity index (χ3v) is 6.56. The number of carbonyl (C=O) groups is 1. The number of furan rings is 1. The number of hydrogen-bond donors (Lipinski definition) is 1. The van der Waals surface area contributed by atoms with Gasteiger partial charge in [-0.05, 0) is 42.7 Å². The second-order valence-corrected chi connectivity index (χ2v) is 8.64. The van der Waals surface area contributed by atoms with Gasteiger partial charge < -0.3 is 19.2 Å². The predicted molar refractivity (Wildman–Crippen MR) is 122 cm³/mol. The number of thioether (sulfide) groups is 1. The molecule has 1 fully saturated rings. The van der Waals surface area contributed by atoms with Gasteiger partial charge in [0.25, 0.3) is 0 Å². The van der Waals surface area contributed by atoms with Crippen LogP contribution in [-0.4, -0.2) is 40.6 Å². The van der Waals surface area contributed by atoms with E-state index >= 15 is 0 Å². The van der Waals surface area contributed by atoms with Gasteiger partial charge in [0.1, 0.15) is 0 Å². The van der Waals surface area contributed by atoms with Crippen molar-refractivity contribution in [3.8, 4) is 23.1 Å². The molecule has 1 amide bonds. The molecule has 4 rings (SSSR count). The third-order valence-electron chi connectivity index (χ3n) is 5.62. The summed E-state index contributed by atoms with van der Waals surface area (Å²) >= 11 is 1.41. The fraction of sp³-hybridized carbons (Fsp3) is 0.435. The lowest BCUT2D eigenvalue weighted by Crippen LogP contribution is -2.25. The largest absolute Gasteiger partial charge is 0.493 e. The number of methoxy groups -OCH3 is 2. The van der Waals surface area contributed by atoms with Gasteiger partial charge >= 0.3 is 0 Å². The summed E-state index contributed by atoms with van der Waals surface area (Å²) in [4.78, 5) is 12.5. The summed E-state index contributed by atoms with van der Waals surface area (Å²) in [5, 5.41) is 12.5. The Kier molecular flexibility index (Phi) is 7.36. The second-order valence-electron chi connectivity index (χ2n) is 7.70. The van der Waals surface area contributed by atoms with Crippen molar-refractivity contribution in [3.05, 3.63) is 42.2 Å². The van der Waals surface area contributed by atoms with Gasteiger partial charge in [-0.1, -0.05) is 37.1 Å². The van der Waals surface area contributed by atoms with Gasteiger partial charge in [0, 0.05) is 12.6 Å². The highest BCUT2D eigenvalue weighted by molar-refractivity contribution is 7.99. The molecule has 0 spiro atoms. The molecule has 1 aromatic carbocycles. The maximum Gasteiger partial charge on any atom is 0.230 e. The van der Waals surface area contributed by atoms with Gasteiger partial charge in [-0.2, -0.15) is 0 Å². The van der Waals surface area contributed by atoms with E-state index in [9.17, 15) is 4.79 Å². The van der Waals surface area contributed by atoms with Crippen LogP contribution >= 0.6 is 11.8 Å². The molecule has 3 aromatic rings. The zero-order valence-corrected chi connectivity index (χ0v) is 19.2. The smallest absolute Gasteiger partial charge is 0.230 e. The highest BCUT2D eigenvalue weighted by Crippen LogP contribution is 2.35. The van der Waals surface area contributed by atoms with Crippen LogP contribution in [0.3, 0.4) is 0 Å². The van der Waals surface area contributed by atoms with E-state index in [2.05, 4.69) is 20.1 Å². The lowest BCUT2D eigenvalue weighted by molar-refractivity contribution is -0.118. The zero-order chi connectivity index (χ0) is 22.3. The molecule has 2 aromatic heterocycles. The van der Waals surface area contributed by atoms with E-state index in [1.54, 1.807) is 20.5 Å². The maximum atomic E-state index is 12.5. The monoisotopic (exact) mass is 456 g/mol. The lowest BCUT2D eigenvalue weighted by Gasteiger charge is -2.25. The van der Waals surface area contributed by atoms with Gasteiger partial charge in [-0.25, -0.2) is 0 Å². The fourth-order valence-corrected chi connectivity index (χ4v) is 4.83. The summed E-state index contributed by atoms with van der Waals surface area (Å²) < 4.78 is 18.3. The summed E-state index contributed by atoms with van der Waals surface area (Å²) in [5.74, 6) is 2.92. The molecule has 170 valence electrons. The Labute approximate surface area is 191 Å². The molecule has 0 unspecified atom stereocenters. The van der Waals surface area contributed by atoms with Crippen molar-refractivity contribution in [2.45, 2.75) is 49.8 Å². The van der Waals surface area contributed by atoms with Crippen LogP contribution < -0.4 is 14.8 Å². The minimum absolute atomic E-state index is 0.0671. The summed E-state index contributed by atoms with van der Waals surface area (Å²) in [5.41, 5.74) is 0.937. The van der Waals surface area contributed by atoms with Gasteiger partial charge in [0.05, 0.1) is 26.2 Å². The van der Waals surface area contributed by atoms with E-state index in [4.69, 9.17) is 13.9 Å². The van der Waals surface area contributed by atoms with Crippen molar-refractivity contribution in [2.24, 2.45) is 0 Å². The minimum atomic E-state index is -0.0671. The van der Waals surface area contributed by atoms with E-state index in [0.29, 0.717) is 29.8 Å². The Balaban J connectivity index is 1.40. The summed E-state index contributed by atoms with van der Waals surface area (Å²) in [6, 6.07) is 9.68. The number of aromatic nitrogens is 3. The topological polar surface area (TPSA) is 91.4 Å². The molecule has 2 heterocycles. The molecule has 9 heteroatoms. The fourth-order valence-electron chi connectivity index (χ4n) is 3.99. The zero-order valence-electron chi connectivity index (χ0n) is 18.4. The molecule has 0 aliphatic heterocycles. The van der Waals surface area contributed by atoms with E-state index in [-0.39, 0.29) is 11.7 Å². The molecule has 32 heavy (non-hydrogen) atoms. The molecule has 0 atom stereocenters. The van der Waals surface area contributed by atoms with Crippen molar-refractivity contribution >= 4 is 17.7 Å². The quantitative estimate of drug-likeness (QED) is 0.475. The average Bonchev–Trinajstić information content (AvgIpc) is 3.51. The van der Waals surface area contributed by atoms with Gasteiger partial charge in [0.2, 0.25) is 11.7 Å². The summed E-state index contributed by atoms with van der Waals surface area (Å²) in [6.07, 6.45) is 7.46. The number of amides is 1. The summed E-state index contributed by atoms with van der Waals surface area (Å²) in [7, 11) is 3.19. The highest BCUT2D eigenvalue weighted by atomic mass is 32.2. The third kappa shape index (κ3) is 5.09. The molecular weight excluding hydrogens is 428 g/mol. The first-order valence-electron chi connectivity index (χ1n) is 10.8. The van der Waals surface area contributed by atoms with Crippen molar-refractivity contribution in [1.29, 1.82) is 0 Å². The van der Waals surface area contributed by atoms with Crippen molar-refractivity contribution in [1.82, 2.24) is 20.1 Å². The number of nitrogens with zero attached hydrogens (tertiary/aromatic N) is 3. The molecule has 0 radical (unpaired) electrons. The van der Waals surface area contributed by atoms with Gasteiger partial charge in [0.15, 0.2) is 22.4 Å². The first-order valence-corrected chi connectivity index (χ1v) is 11.8. The Morgan fingerprint density at radius 1 is 1.16 bits per heavy atom. The van der Waals surface area contributed by atoms with Crippen LogP contribution in [0.5, 0.6) is 11.5 Å². The number of benzene rings is 1. The number of ether oxygens (including phenoxy) is 2. The van der Waals surface area contributed by atoms with Crippen molar-refractivity contribution in [3.63, 3.8) is 0 Å². The van der Waals surface area contributed by atoms with E-state index in [0.717, 1.165) is 29.4 Å². The van der Waals surface area contributed by atoms with Crippen molar-refractivity contribution in [2.75, 3.05) is 20.0 Å². The van der Waals surface area contributed by atoms with Crippen LogP contribution in [0.25, 0.3) is 11.6 Å². The van der Waals surface area contributed by atoms with Crippen LogP contribution in [0, 0.1) is 0 Å². The predicted octanol–water partition coefficient (Wildman–Crippen LogP) is 4.47. The summed E-state index contributed by atoms with van der Waals surface area (Å²) in [6.45, 7) is 0.409. The number of rotatable bonds is 9. The molecule has 0 saturated heterocycles. The van der Waals surface area contributed by atoms with Crippen LogP contribution in [0.15, 0.2) is 46.2 Å². The van der Waals surface area contributed by atoms with E-state index < -0.39 is 0 Å². The van der Waals surface area contributed by atoms with Crippen LogP contribution in [0.4, 0.5) is 0 Å². The van der Waals surface area contributed by atoms with Gasteiger partial charge in [-0.15, -0.1) is 10.2 Å². The van der Waals surface area contributed by atoms with Gasteiger partial charge in [-0.3, -0.25) is 9.36 Å². The molecule has 0 bridgehead atoms. The van der Waals surface area contributed by atoms with Crippen molar-refractivity contribution < 1.29 is 18.7 Å². The number of hydrogen-bond acceptors (Lipinski definition) is 7. The SMILES string of the molecule is COc1ccc(CNC(=O)CSc2nnc(-c3ccco3)n2C2CCCCC2)cc1OC. The Morgan fingerprint density at radius 3 is 2.69 bits per heavy atom.